The van der Waals surface area contributed by atoms with E-state index >= 15 is 0 Å². The number of carbonyl (C=O) groups excluding carboxylic acids is 1. The van der Waals surface area contributed by atoms with Crippen molar-refractivity contribution in [2.75, 3.05) is 44.6 Å². The van der Waals surface area contributed by atoms with Gasteiger partial charge in [0, 0.05) is 38.4 Å². The molecule has 0 atom stereocenters. The normalized spacial score (nSPS) is 16.8. The first-order valence-electron chi connectivity index (χ1n) is 7.24. The number of hydrogen-bond donors (Lipinski definition) is 2. The minimum atomic E-state index is -0.00908. The minimum Gasteiger partial charge on any atom is -0.329 e. The van der Waals surface area contributed by atoms with Crippen LogP contribution in [-0.4, -0.2) is 55.1 Å². The van der Waals surface area contributed by atoms with Gasteiger partial charge in [-0.05, 0) is 37.6 Å². The first kappa shape index (κ1) is 14.8. The van der Waals surface area contributed by atoms with E-state index in [0.29, 0.717) is 6.54 Å². The van der Waals surface area contributed by atoms with Crippen LogP contribution in [0.4, 0.5) is 10.5 Å². The zero-order chi connectivity index (χ0) is 14.4. The number of urea groups is 1. The average molecular weight is 276 g/mol. The summed E-state index contributed by atoms with van der Waals surface area (Å²) in [7, 11) is 0. The summed E-state index contributed by atoms with van der Waals surface area (Å²) in [5.74, 6) is 0. The van der Waals surface area contributed by atoms with Gasteiger partial charge in [-0.2, -0.15) is 0 Å². The van der Waals surface area contributed by atoms with E-state index in [4.69, 9.17) is 5.73 Å². The van der Waals surface area contributed by atoms with E-state index in [1.54, 1.807) is 0 Å². The molecule has 0 spiro atoms. The van der Waals surface area contributed by atoms with Gasteiger partial charge in [-0.1, -0.05) is 12.1 Å². The summed E-state index contributed by atoms with van der Waals surface area (Å²) in [6.45, 7) is 7.09. The monoisotopic (exact) mass is 276 g/mol. The first-order chi connectivity index (χ1) is 9.69. The lowest BCUT2D eigenvalue weighted by Gasteiger charge is -2.22. The van der Waals surface area contributed by atoms with Crippen LogP contribution in [0.25, 0.3) is 0 Å². The molecule has 1 heterocycles. The fraction of sp³-hybridized carbons (Fsp3) is 0.533. The lowest BCUT2D eigenvalue weighted by Crippen LogP contribution is -2.38. The molecule has 5 nitrogen and oxygen atoms in total. The highest BCUT2D eigenvalue weighted by Gasteiger charge is 2.18. The van der Waals surface area contributed by atoms with Crippen LogP contribution in [0.5, 0.6) is 0 Å². The summed E-state index contributed by atoms with van der Waals surface area (Å²) in [5, 5.41) is 2.97. The molecule has 1 aromatic carbocycles. The van der Waals surface area contributed by atoms with Gasteiger partial charge in [0.25, 0.3) is 0 Å². The maximum atomic E-state index is 12.3. The Bertz CT molecular complexity index is 449. The van der Waals surface area contributed by atoms with Crippen molar-refractivity contribution in [3.8, 4) is 0 Å². The number of anilines is 1. The van der Waals surface area contributed by atoms with Crippen molar-refractivity contribution in [1.29, 1.82) is 0 Å². The third kappa shape index (κ3) is 4.21. The zero-order valence-corrected chi connectivity index (χ0v) is 12.1. The van der Waals surface area contributed by atoms with Crippen LogP contribution in [0.3, 0.4) is 0 Å². The predicted octanol–water partition coefficient (Wildman–Crippen LogP) is 1.49. The summed E-state index contributed by atoms with van der Waals surface area (Å²) in [6.07, 6.45) is 1.00. The minimum absolute atomic E-state index is 0.00908. The maximum Gasteiger partial charge on any atom is 0.321 e. The van der Waals surface area contributed by atoms with Crippen molar-refractivity contribution >= 4 is 11.7 Å². The van der Waals surface area contributed by atoms with Crippen molar-refractivity contribution in [1.82, 2.24) is 9.80 Å². The van der Waals surface area contributed by atoms with Gasteiger partial charge in [-0.15, -0.1) is 0 Å². The molecule has 0 aliphatic carbocycles. The number of nitrogens with zero attached hydrogens (tertiary/aromatic N) is 2. The number of benzene rings is 1. The average Bonchev–Trinajstić information content (AvgIpc) is 2.65. The van der Waals surface area contributed by atoms with Gasteiger partial charge in [0.2, 0.25) is 0 Å². The number of carbonyl (C=O) groups is 1. The number of rotatable bonds is 3. The molecular formula is C15H24N4O. The quantitative estimate of drug-likeness (QED) is 0.879. The first-order valence-corrected chi connectivity index (χ1v) is 7.24. The second-order valence-corrected chi connectivity index (χ2v) is 5.27. The van der Waals surface area contributed by atoms with Crippen LogP contribution in [0.1, 0.15) is 12.0 Å². The highest BCUT2D eigenvalue weighted by atomic mass is 16.2. The number of aryl methyl sites for hydroxylation is 1. The molecule has 1 aliphatic heterocycles. The second-order valence-electron chi connectivity index (χ2n) is 5.27. The third-order valence-electron chi connectivity index (χ3n) is 3.59. The summed E-state index contributed by atoms with van der Waals surface area (Å²) in [5.41, 5.74) is 7.59. The van der Waals surface area contributed by atoms with Crippen LogP contribution in [0.2, 0.25) is 0 Å². The molecule has 3 N–H and O–H groups in total. The summed E-state index contributed by atoms with van der Waals surface area (Å²) in [6, 6.07) is 7.87. The molecule has 1 aliphatic rings. The van der Waals surface area contributed by atoms with E-state index in [1.165, 1.54) is 0 Å². The van der Waals surface area contributed by atoms with Gasteiger partial charge in [0.15, 0.2) is 0 Å². The van der Waals surface area contributed by atoms with E-state index < -0.39 is 0 Å². The van der Waals surface area contributed by atoms with Crippen LogP contribution in [0, 0.1) is 6.92 Å². The number of amides is 2. The SMILES string of the molecule is Cc1cccc(NC(=O)N2CCCN(CCN)CC2)c1. The fourth-order valence-corrected chi connectivity index (χ4v) is 2.51. The maximum absolute atomic E-state index is 12.3. The molecule has 1 fully saturated rings. The van der Waals surface area contributed by atoms with E-state index in [2.05, 4.69) is 10.2 Å². The molecule has 2 amide bonds. The van der Waals surface area contributed by atoms with Crippen LogP contribution >= 0.6 is 0 Å². The fourth-order valence-electron chi connectivity index (χ4n) is 2.51. The summed E-state index contributed by atoms with van der Waals surface area (Å²) < 4.78 is 0. The molecule has 5 heteroatoms. The van der Waals surface area contributed by atoms with Crippen molar-refractivity contribution in [2.24, 2.45) is 5.73 Å². The van der Waals surface area contributed by atoms with E-state index in [9.17, 15) is 4.79 Å². The largest absolute Gasteiger partial charge is 0.329 e. The Kier molecular flexibility index (Phi) is 5.38. The Morgan fingerprint density at radius 2 is 2.15 bits per heavy atom. The Morgan fingerprint density at radius 1 is 1.30 bits per heavy atom. The zero-order valence-electron chi connectivity index (χ0n) is 12.1. The van der Waals surface area contributed by atoms with Crippen LogP contribution in [0.15, 0.2) is 24.3 Å². The van der Waals surface area contributed by atoms with Crippen molar-refractivity contribution in [3.63, 3.8) is 0 Å². The molecular weight excluding hydrogens is 252 g/mol. The molecule has 0 saturated carbocycles. The summed E-state index contributed by atoms with van der Waals surface area (Å²) >= 11 is 0. The molecule has 1 saturated heterocycles. The molecule has 0 unspecified atom stereocenters. The molecule has 0 bridgehead atoms. The van der Waals surface area contributed by atoms with Gasteiger partial charge >= 0.3 is 6.03 Å². The third-order valence-corrected chi connectivity index (χ3v) is 3.59. The van der Waals surface area contributed by atoms with Crippen molar-refractivity contribution < 1.29 is 4.79 Å². The van der Waals surface area contributed by atoms with Gasteiger partial charge in [0.1, 0.15) is 0 Å². The Labute approximate surface area is 120 Å². The Balaban J connectivity index is 1.89. The van der Waals surface area contributed by atoms with E-state index in [-0.39, 0.29) is 6.03 Å². The summed E-state index contributed by atoms with van der Waals surface area (Å²) in [4.78, 5) is 16.5. The predicted molar refractivity (Wildman–Crippen MR) is 81.9 cm³/mol. The van der Waals surface area contributed by atoms with Crippen molar-refractivity contribution in [2.45, 2.75) is 13.3 Å². The number of hydrogen-bond acceptors (Lipinski definition) is 3. The van der Waals surface area contributed by atoms with Crippen molar-refractivity contribution in [3.05, 3.63) is 29.8 Å². The standard InChI is InChI=1S/C15H24N4O/c1-13-4-2-5-14(12-13)17-15(20)19-8-3-7-18(9-6-16)10-11-19/h2,4-5,12H,3,6-11,16H2,1H3,(H,17,20). The Hall–Kier alpha value is -1.59. The Morgan fingerprint density at radius 3 is 2.90 bits per heavy atom. The van der Waals surface area contributed by atoms with Gasteiger partial charge < -0.3 is 20.9 Å². The molecule has 2 rings (SSSR count). The highest BCUT2D eigenvalue weighted by molar-refractivity contribution is 5.89. The number of nitrogens with one attached hydrogen (secondary N) is 1. The molecule has 20 heavy (non-hydrogen) atoms. The van der Waals surface area contributed by atoms with Gasteiger partial charge in [-0.25, -0.2) is 4.79 Å². The van der Waals surface area contributed by atoms with Gasteiger partial charge in [0.05, 0.1) is 0 Å². The van der Waals surface area contributed by atoms with Crippen LogP contribution < -0.4 is 11.1 Å². The van der Waals surface area contributed by atoms with Crippen LogP contribution in [-0.2, 0) is 0 Å². The highest BCUT2D eigenvalue weighted by Crippen LogP contribution is 2.11. The molecule has 0 radical (unpaired) electrons. The second kappa shape index (κ2) is 7.26. The molecule has 0 aromatic heterocycles. The van der Waals surface area contributed by atoms with E-state index in [0.717, 1.165) is 50.4 Å². The topological polar surface area (TPSA) is 61.6 Å². The van der Waals surface area contributed by atoms with Gasteiger partial charge in [-0.3, -0.25) is 0 Å². The van der Waals surface area contributed by atoms with E-state index in [1.807, 2.05) is 36.1 Å². The lowest BCUT2D eigenvalue weighted by molar-refractivity contribution is 0.212. The smallest absolute Gasteiger partial charge is 0.321 e. The lowest BCUT2D eigenvalue weighted by atomic mass is 10.2. The molecule has 1 aromatic rings. The molecule has 110 valence electrons. The number of nitrogens with two attached hydrogens (primary N) is 1.